The molecule has 0 spiro atoms. The Morgan fingerprint density at radius 3 is 2.36 bits per heavy atom. The molecule has 3 nitrogen and oxygen atoms in total. The van der Waals surface area contributed by atoms with Crippen molar-refractivity contribution < 1.29 is 4.79 Å². The Bertz CT molecular complexity index is 377. The van der Waals surface area contributed by atoms with E-state index in [1.807, 2.05) is 0 Å². The molecular weight excluding hydrogens is 223 g/mol. The van der Waals surface area contributed by atoms with E-state index in [-0.39, 0.29) is 5.91 Å². The van der Waals surface area contributed by atoms with E-state index in [0.29, 0.717) is 21.3 Å². The lowest BCUT2D eigenvalue weighted by Gasteiger charge is -2.12. The molecule has 0 fully saturated rings. The molecule has 1 aromatic rings. The van der Waals surface area contributed by atoms with E-state index in [9.17, 15) is 4.79 Å². The van der Waals surface area contributed by atoms with Crippen molar-refractivity contribution in [3.63, 3.8) is 0 Å². The molecule has 14 heavy (non-hydrogen) atoms. The van der Waals surface area contributed by atoms with Crippen LogP contribution in [0, 0.1) is 0 Å². The van der Waals surface area contributed by atoms with E-state index in [2.05, 4.69) is 0 Å². The summed E-state index contributed by atoms with van der Waals surface area (Å²) in [5.74, 6) is -0.196. The molecule has 2 N–H and O–H groups in total. The van der Waals surface area contributed by atoms with Crippen LogP contribution in [-0.4, -0.2) is 24.9 Å². The second kappa shape index (κ2) is 4.07. The first kappa shape index (κ1) is 11.1. The highest BCUT2D eigenvalue weighted by Crippen LogP contribution is 2.27. The highest BCUT2D eigenvalue weighted by Gasteiger charge is 2.14. The summed E-state index contributed by atoms with van der Waals surface area (Å²) in [5.41, 5.74) is 6.27. The molecule has 0 bridgehead atoms. The fraction of sp³-hybridized carbons (Fsp3) is 0.222. The lowest BCUT2D eigenvalue weighted by molar-refractivity contribution is 0.0828. The summed E-state index contributed by atoms with van der Waals surface area (Å²) in [5, 5.41) is 0.660. The van der Waals surface area contributed by atoms with Crippen molar-refractivity contribution in [1.29, 1.82) is 0 Å². The van der Waals surface area contributed by atoms with Gasteiger partial charge in [0.1, 0.15) is 0 Å². The average Bonchev–Trinajstić information content (AvgIpc) is 2.10. The second-order valence-electron chi connectivity index (χ2n) is 3.05. The molecule has 0 aliphatic rings. The standard InChI is InChI=1S/C9H10Cl2N2O/c1-13(2)9(14)5-3-8(12)7(11)4-6(5)10/h3-4H,12H2,1-2H3. The van der Waals surface area contributed by atoms with Crippen LogP contribution in [0.2, 0.25) is 10.0 Å². The van der Waals surface area contributed by atoms with Gasteiger partial charge in [0.15, 0.2) is 0 Å². The fourth-order valence-electron chi connectivity index (χ4n) is 0.971. The summed E-state index contributed by atoms with van der Waals surface area (Å²) in [4.78, 5) is 13.0. The number of hydrogen-bond donors (Lipinski definition) is 1. The van der Waals surface area contributed by atoms with Crippen LogP contribution >= 0.6 is 23.2 Å². The van der Waals surface area contributed by atoms with Gasteiger partial charge in [-0.1, -0.05) is 23.2 Å². The van der Waals surface area contributed by atoms with Gasteiger partial charge in [-0.05, 0) is 12.1 Å². The molecule has 1 rings (SSSR count). The Labute approximate surface area is 92.4 Å². The van der Waals surface area contributed by atoms with Crippen LogP contribution in [0.5, 0.6) is 0 Å². The largest absolute Gasteiger partial charge is 0.398 e. The van der Waals surface area contributed by atoms with Crippen molar-refractivity contribution in [2.24, 2.45) is 0 Å². The molecule has 0 heterocycles. The molecule has 1 amide bonds. The number of benzene rings is 1. The predicted molar refractivity (Wildman–Crippen MR) is 58.9 cm³/mol. The van der Waals surface area contributed by atoms with E-state index < -0.39 is 0 Å². The van der Waals surface area contributed by atoms with Gasteiger partial charge in [0.05, 0.1) is 21.3 Å². The predicted octanol–water partition coefficient (Wildman–Crippen LogP) is 2.28. The molecule has 0 saturated heterocycles. The Morgan fingerprint density at radius 2 is 1.86 bits per heavy atom. The molecule has 5 heteroatoms. The summed E-state index contributed by atoms with van der Waals surface area (Å²) in [6, 6.07) is 2.95. The minimum Gasteiger partial charge on any atom is -0.398 e. The normalized spacial score (nSPS) is 10.0. The zero-order valence-electron chi connectivity index (χ0n) is 7.84. The van der Waals surface area contributed by atoms with Crippen molar-refractivity contribution in [1.82, 2.24) is 4.90 Å². The maximum atomic E-state index is 11.6. The molecule has 1 aromatic carbocycles. The lowest BCUT2D eigenvalue weighted by atomic mass is 10.2. The summed E-state index contributed by atoms with van der Waals surface area (Å²) >= 11 is 11.6. The Kier molecular flexibility index (Phi) is 3.24. The van der Waals surface area contributed by atoms with E-state index in [1.165, 1.54) is 17.0 Å². The van der Waals surface area contributed by atoms with Crippen LogP contribution < -0.4 is 5.73 Å². The second-order valence-corrected chi connectivity index (χ2v) is 3.87. The molecule has 0 atom stereocenters. The van der Waals surface area contributed by atoms with Crippen LogP contribution in [0.3, 0.4) is 0 Å². The first-order valence-corrected chi connectivity index (χ1v) is 4.65. The molecule has 0 saturated carbocycles. The topological polar surface area (TPSA) is 46.3 Å². The molecule has 0 aliphatic carbocycles. The Balaban J connectivity index is 3.22. The number of nitrogens with zero attached hydrogens (tertiary/aromatic N) is 1. The van der Waals surface area contributed by atoms with Gasteiger partial charge < -0.3 is 10.6 Å². The number of nitrogens with two attached hydrogens (primary N) is 1. The van der Waals surface area contributed by atoms with Gasteiger partial charge >= 0.3 is 0 Å². The molecule has 0 radical (unpaired) electrons. The van der Waals surface area contributed by atoms with Gasteiger partial charge in [-0.2, -0.15) is 0 Å². The van der Waals surface area contributed by atoms with Crippen molar-refractivity contribution in [3.8, 4) is 0 Å². The smallest absolute Gasteiger partial charge is 0.254 e. The van der Waals surface area contributed by atoms with Crippen LogP contribution in [-0.2, 0) is 0 Å². The highest BCUT2D eigenvalue weighted by atomic mass is 35.5. The van der Waals surface area contributed by atoms with Crippen LogP contribution in [0.1, 0.15) is 10.4 Å². The number of anilines is 1. The number of hydrogen-bond acceptors (Lipinski definition) is 2. The first-order valence-electron chi connectivity index (χ1n) is 3.89. The maximum absolute atomic E-state index is 11.6. The van der Waals surface area contributed by atoms with E-state index in [0.717, 1.165) is 0 Å². The van der Waals surface area contributed by atoms with Crippen LogP contribution in [0.15, 0.2) is 12.1 Å². The summed E-state index contributed by atoms with van der Waals surface area (Å²) in [7, 11) is 3.28. The van der Waals surface area contributed by atoms with E-state index >= 15 is 0 Å². The van der Waals surface area contributed by atoms with E-state index in [1.54, 1.807) is 14.1 Å². The summed E-state index contributed by atoms with van der Waals surface area (Å²) in [6.45, 7) is 0. The zero-order valence-corrected chi connectivity index (χ0v) is 9.36. The maximum Gasteiger partial charge on any atom is 0.254 e. The monoisotopic (exact) mass is 232 g/mol. The SMILES string of the molecule is CN(C)C(=O)c1cc(N)c(Cl)cc1Cl. The number of carbonyl (C=O) groups is 1. The van der Waals surface area contributed by atoms with Crippen LogP contribution in [0.4, 0.5) is 5.69 Å². The molecule has 0 aromatic heterocycles. The number of amides is 1. The molecule has 0 unspecified atom stereocenters. The summed E-state index contributed by atoms with van der Waals surface area (Å²) in [6.07, 6.45) is 0. The average molecular weight is 233 g/mol. The van der Waals surface area contributed by atoms with Gasteiger partial charge in [0.2, 0.25) is 0 Å². The van der Waals surface area contributed by atoms with Gasteiger partial charge in [-0.25, -0.2) is 0 Å². The minimum absolute atomic E-state index is 0.196. The number of rotatable bonds is 1. The molecule has 0 aliphatic heterocycles. The van der Waals surface area contributed by atoms with Gasteiger partial charge in [-0.15, -0.1) is 0 Å². The number of nitrogen functional groups attached to an aromatic ring is 1. The van der Waals surface area contributed by atoms with Crippen molar-refractivity contribution >= 4 is 34.8 Å². The Hall–Kier alpha value is -0.930. The quantitative estimate of drug-likeness (QED) is 0.756. The van der Waals surface area contributed by atoms with Crippen LogP contribution in [0.25, 0.3) is 0 Å². The summed E-state index contributed by atoms with van der Waals surface area (Å²) < 4.78 is 0. The van der Waals surface area contributed by atoms with Gasteiger partial charge in [0, 0.05) is 14.1 Å². The minimum atomic E-state index is -0.196. The van der Waals surface area contributed by atoms with Gasteiger partial charge in [-0.3, -0.25) is 4.79 Å². The van der Waals surface area contributed by atoms with Crippen molar-refractivity contribution in [3.05, 3.63) is 27.7 Å². The lowest BCUT2D eigenvalue weighted by Crippen LogP contribution is -2.22. The fourth-order valence-corrected chi connectivity index (χ4v) is 1.43. The number of carbonyl (C=O) groups excluding carboxylic acids is 1. The van der Waals surface area contributed by atoms with Crippen molar-refractivity contribution in [2.45, 2.75) is 0 Å². The molecule has 76 valence electrons. The number of halogens is 2. The highest BCUT2D eigenvalue weighted by molar-refractivity contribution is 6.38. The van der Waals surface area contributed by atoms with Crippen molar-refractivity contribution in [2.75, 3.05) is 19.8 Å². The van der Waals surface area contributed by atoms with Gasteiger partial charge in [0.25, 0.3) is 5.91 Å². The molecular formula is C9H10Cl2N2O. The Morgan fingerprint density at radius 1 is 1.29 bits per heavy atom. The third kappa shape index (κ3) is 2.11. The first-order chi connectivity index (χ1) is 6.43. The van der Waals surface area contributed by atoms with E-state index in [4.69, 9.17) is 28.9 Å². The third-order valence-corrected chi connectivity index (χ3v) is 2.36. The third-order valence-electron chi connectivity index (χ3n) is 1.72. The zero-order chi connectivity index (χ0) is 10.9.